The number of nitrogens with two attached hydrogens (primary N) is 1. The van der Waals surface area contributed by atoms with Crippen LogP contribution < -0.4 is 5.73 Å². The van der Waals surface area contributed by atoms with Crippen molar-refractivity contribution in [2.75, 3.05) is 0 Å². The highest BCUT2D eigenvalue weighted by molar-refractivity contribution is 6.15. The molecule has 0 spiro atoms. The van der Waals surface area contributed by atoms with Gasteiger partial charge in [-0.15, -0.1) is 0 Å². The number of amides is 1. The number of benzene rings is 1. The fourth-order valence-corrected chi connectivity index (χ4v) is 1.66. The van der Waals surface area contributed by atoms with Crippen molar-refractivity contribution in [3.63, 3.8) is 0 Å². The first-order valence-corrected chi connectivity index (χ1v) is 4.76. The molecule has 8 nitrogen and oxygen atoms in total. The molecule has 0 atom stereocenters. The average molecular weight is 250 g/mol. The molecule has 2 N–H and O–H groups in total. The molecule has 0 radical (unpaired) electrons. The number of nitro groups is 1. The van der Waals surface area contributed by atoms with Crippen LogP contribution in [-0.4, -0.2) is 22.8 Å². The van der Waals surface area contributed by atoms with E-state index in [9.17, 15) is 24.5 Å². The molecule has 0 bridgehead atoms. The van der Waals surface area contributed by atoms with Crippen molar-refractivity contribution in [2.45, 2.75) is 6.42 Å². The van der Waals surface area contributed by atoms with Crippen molar-refractivity contribution in [3.05, 3.63) is 38.9 Å². The molecular weight excluding hydrogens is 244 g/mol. The Balaban J connectivity index is 2.63. The van der Waals surface area contributed by atoms with Gasteiger partial charge in [0.2, 0.25) is 5.91 Å². The summed E-state index contributed by atoms with van der Waals surface area (Å²) in [5, 5.41) is 10.8. The molecule has 8 heteroatoms. The quantitative estimate of drug-likeness (QED) is 0.346. The Morgan fingerprint density at radius 2 is 1.83 bits per heavy atom. The summed E-state index contributed by atoms with van der Waals surface area (Å²) in [7, 11) is 0. The van der Waals surface area contributed by atoms with Crippen molar-refractivity contribution in [1.82, 2.24) is 0 Å². The lowest BCUT2D eigenvalue weighted by Crippen LogP contribution is -2.15. The predicted molar refractivity (Wildman–Crippen MR) is 55.7 cm³/mol. The topological polar surface area (TPSA) is 130 Å². The van der Waals surface area contributed by atoms with E-state index in [0.29, 0.717) is 0 Å². The lowest BCUT2D eigenvalue weighted by atomic mass is 10.0. The van der Waals surface area contributed by atoms with Gasteiger partial charge in [0.15, 0.2) is 0 Å². The molecule has 1 aliphatic rings. The van der Waals surface area contributed by atoms with Gasteiger partial charge >= 0.3 is 11.9 Å². The summed E-state index contributed by atoms with van der Waals surface area (Å²) in [4.78, 5) is 43.4. The van der Waals surface area contributed by atoms with Crippen molar-refractivity contribution >= 4 is 23.5 Å². The fraction of sp³-hybridized carbons (Fsp3) is 0.100. The molecule has 92 valence electrons. The third-order valence-electron chi connectivity index (χ3n) is 2.41. The third-order valence-corrected chi connectivity index (χ3v) is 2.41. The van der Waals surface area contributed by atoms with Crippen molar-refractivity contribution in [1.29, 1.82) is 0 Å². The summed E-state index contributed by atoms with van der Waals surface area (Å²) in [5.74, 6) is -2.62. The van der Waals surface area contributed by atoms with Gasteiger partial charge in [0.05, 0.1) is 22.5 Å². The maximum atomic E-state index is 11.3. The zero-order chi connectivity index (χ0) is 13.4. The Labute approximate surface area is 99.5 Å². The number of rotatable bonds is 3. The Morgan fingerprint density at radius 3 is 2.33 bits per heavy atom. The van der Waals surface area contributed by atoms with Crippen LogP contribution in [-0.2, 0) is 16.0 Å². The number of nitro benzene ring substituents is 1. The van der Waals surface area contributed by atoms with E-state index in [1.165, 1.54) is 0 Å². The number of esters is 2. The molecule has 0 unspecified atom stereocenters. The zero-order valence-electron chi connectivity index (χ0n) is 8.84. The van der Waals surface area contributed by atoms with Gasteiger partial charge in [0.25, 0.3) is 5.69 Å². The summed E-state index contributed by atoms with van der Waals surface area (Å²) in [5.41, 5.74) is 4.20. The monoisotopic (exact) mass is 250 g/mol. The molecule has 1 aliphatic heterocycles. The van der Waals surface area contributed by atoms with Crippen LogP contribution in [0.2, 0.25) is 0 Å². The Kier molecular flexibility index (Phi) is 2.55. The van der Waals surface area contributed by atoms with E-state index in [-0.39, 0.29) is 16.7 Å². The molecule has 0 aliphatic carbocycles. The third kappa shape index (κ3) is 1.79. The molecular formula is C10H6N2O6. The second-order valence-corrected chi connectivity index (χ2v) is 3.60. The summed E-state index contributed by atoms with van der Waals surface area (Å²) < 4.78 is 4.31. The minimum atomic E-state index is -0.941. The second-order valence-electron chi connectivity index (χ2n) is 3.60. The molecule has 0 saturated heterocycles. The van der Waals surface area contributed by atoms with E-state index in [1.54, 1.807) is 0 Å². The van der Waals surface area contributed by atoms with Crippen LogP contribution in [0.25, 0.3) is 0 Å². The summed E-state index contributed by atoms with van der Waals surface area (Å²) in [6, 6.07) is 2.01. The van der Waals surface area contributed by atoms with E-state index in [1.807, 2.05) is 0 Å². The van der Waals surface area contributed by atoms with Crippen molar-refractivity contribution in [2.24, 2.45) is 5.73 Å². The number of cyclic esters (lactones) is 2. The fourth-order valence-electron chi connectivity index (χ4n) is 1.66. The van der Waals surface area contributed by atoms with Crippen LogP contribution in [0.5, 0.6) is 0 Å². The minimum absolute atomic E-state index is 0.0297. The largest absolute Gasteiger partial charge is 0.386 e. The number of carbonyl (C=O) groups is 3. The lowest BCUT2D eigenvalue weighted by Gasteiger charge is -2.01. The molecule has 0 aromatic heterocycles. The van der Waals surface area contributed by atoms with E-state index in [0.717, 1.165) is 12.1 Å². The first kappa shape index (κ1) is 11.7. The summed E-state index contributed by atoms with van der Waals surface area (Å²) in [6.45, 7) is 0. The number of primary amides is 1. The maximum Gasteiger partial charge on any atom is 0.347 e. The van der Waals surface area contributed by atoms with Crippen molar-refractivity contribution in [3.8, 4) is 0 Å². The SMILES string of the molecule is NC(=O)Cc1cc2c(cc1[N+](=O)[O-])C(=O)OC2=O. The molecule has 18 heavy (non-hydrogen) atoms. The molecule has 1 aromatic rings. The minimum Gasteiger partial charge on any atom is -0.386 e. The van der Waals surface area contributed by atoms with Gasteiger partial charge in [0.1, 0.15) is 0 Å². The number of nitrogens with zero attached hydrogens (tertiary/aromatic N) is 1. The van der Waals surface area contributed by atoms with E-state index in [2.05, 4.69) is 4.74 Å². The Hall–Kier alpha value is -2.77. The molecule has 1 amide bonds. The van der Waals surface area contributed by atoms with Gasteiger partial charge in [-0.3, -0.25) is 14.9 Å². The molecule has 1 aromatic carbocycles. The van der Waals surface area contributed by atoms with Crippen LogP contribution in [0.1, 0.15) is 26.3 Å². The Bertz CT molecular complexity index is 607. The highest BCUT2D eigenvalue weighted by Gasteiger charge is 2.33. The molecule has 0 saturated carbocycles. The zero-order valence-corrected chi connectivity index (χ0v) is 8.84. The number of fused-ring (bicyclic) bond motifs is 1. The van der Waals surface area contributed by atoms with E-state index < -0.39 is 34.9 Å². The van der Waals surface area contributed by atoms with Crippen LogP contribution in [0.3, 0.4) is 0 Å². The normalized spacial score (nSPS) is 13.1. The van der Waals surface area contributed by atoms with Crippen LogP contribution in [0, 0.1) is 10.1 Å². The first-order chi connectivity index (χ1) is 8.40. The molecule has 0 fully saturated rings. The smallest absolute Gasteiger partial charge is 0.347 e. The predicted octanol–water partition coefficient (Wildman–Crippen LogP) is -0.0668. The molecule has 2 rings (SSSR count). The van der Waals surface area contributed by atoms with Gasteiger partial charge in [-0.1, -0.05) is 0 Å². The number of ether oxygens (including phenoxy) is 1. The number of hydrogen-bond donors (Lipinski definition) is 1. The van der Waals surface area contributed by atoms with Gasteiger partial charge in [-0.25, -0.2) is 9.59 Å². The van der Waals surface area contributed by atoms with E-state index in [4.69, 9.17) is 5.73 Å². The van der Waals surface area contributed by atoms with Crippen LogP contribution in [0.4, 0.5) is 5.69 Å². The van der Waals surface area contributed by atoms with Crippen molar-refractivity contribution < 1.29 is 24.0 Å². The van der Waals surface area contributed by atoms with Crippen LogP contribution in [0.15, 0.2) is 12.1 Å². The van der Waals surface area contributed by atoms with Gasteiger partial charge in [-0.05, 0) is 6.07 Å². The van der Waals surface area contributed by atoms with Gasteiger partial charge < -0.3 is 10.5 Å². The highest BCUT2D eigenvalue weighted by atomic mass is 16.6. The number of hydrogen-bond acceptors (Lipinski definition) is 6. The van der Waals surface area contributed by atoms with Crippen LogP contribution >= 0.6 is 0 Å². The lowest BCUT2D eigenvalue weighted by molar-refractivity contribution is -0.385. The van der Waals surface area contributed by atoms with E-state index >= 15 is 0 Å². The summed E-state index contributed by atoms with van der Waals surface area (Å²) in [6.07, 6.45) is -0.398. The number of carbonyl (C=O) groups excluding carboxylic acids is 3. The van der Waals surface area contributed by atoms with Gasteiger partial charge in [0, 0.05) is 11.6 Å². The summed E-state index contributed by atoms with van der Waals surface area (Å²) >= 11 is 0. The average Bonchev–Trinajstić information content (AvgIpc) is 2.52. The Morgan fingerprint density at radius 1 is 1.28 bits per heavy atom. The highest BCUT2D eigenvalue weighted by Crippen LogP contribution is 2.28. The molecule has 1 heterocycles. The standard InChI is InChI=1S/C10H6N2O6/c11-8(13)2-4-1-5-6(3-7(4)12(16)17)10(15)18-9(5)14/h1,3H,2H2,(H2,11,13). The maximum absolute atomic E-state index is 11.3. The second kappa shape index (κ2) is 3.91. The van der Waals surface area contributed by atoms with Gasteiger partial charge in [-0.2, -0.15) is 0 Å². The first-order valence-electron chi connectivity index (χ1n) is 4.76.